The van der Waals surface area contributed by atoms with Crippen molar-refractivity contribution < 1.29 is 13.2 Å². The highest BCUT2D eigenvalue weighted by molar-refractivity contribution is 7.89. The Bertz CT molecular complexity index is 365. The summed E-state index contributed by atoms with van der Waals surface area (Å²) in [6.07, 6.45) is 0. The Morgan fingerprint density at radius 3 is 2.44 bits per heavy atom. The molecule has 0 saturated carbocycles. The van der Waals surface area contributed by atoms with E-state index in [2.05, 4.69) is 15.6 Å². The van der Waals surface area contributed by atoms with Gasteiger partial charge in [-0.3, -0.25) is 4.99 Å². The Morgan fingerprint density at radius 2 is 2.00 bits per heavy atom. The number of nitrogens with one attached hydrogen (secondary N) is 2. The minimum atomic E-state index is -3.45. The van der Waals surface area contributed by atoms with Gasteiger partial charge in [0.2, 0.25) is 10.0 Å². The number of hydrogen-bond donors (Lipinski definition) is 3. The lowest BCUT2D eigenvalue weighted by Gasteiger charge is -2.21. The Morgan fingerprint density at radius 1 is 1.39 bits per heavy atom. The van der Waals surface area contributed by atoms with E-state index in [1.54, 1.807) is 7.11 Å². The van der Waals surface area contributed by atoms with Gasteiger partial charge in [0.15, 0.2) is 5.96 Å². The SMILES string of the molecule is CCNC(=NCC(C)(C)OC)NCCS(N)(=O)=O. The zero-order chi connectivity index (χ0) is 14.2. The molecule has 108 valence electrons. The number of ether oxygens (including phenoxy) is 1. The standard InChI is InChI=1S/C10H24N4O3S/c1-5-12-9(13-6-7-18(11,15)16)14-8-10(2,3)17-4/h5-8H2,1-4H3,(H2,11,15,16)(H2,12,13,14). The molecule has 0 aliphatic rings. The van der Waals surface area contributed by atoms with Crippen LogP contribution in [0.2, 0.25) is 0 Å². The first kappa shape index (κ1) is 17.1. The summed E-state index contributed by atoms with van der Waals surface area (Å²) in [5.74, 6) is 0.414. The van der Waals surface area contributed by atoms with Crippen molar-refractivity contribution in [3.05, 3.63) is 0 Å². The molecule has 0 heterocycles. The van der Waals surface area contributed by atoms with Crippen molar-refractivity contribution in [3.8, 4) is 0 Å². The first-order chi connectivity index (χ1) is 8.20. The molecule has 0 aromatic carbocycles. The summed E-state index contributed by atoms with van der Waals surface area (Å²) in [6.45, 7) is 7.15. The third-order valence-electron chi connectivity index (χ3n) is 2.19. The van der Waals surface area contributed by atoms with Crippen LogP contribution in [0.5, 0.6) is 0 Å². The van der Waals surface area contributed by atoms with Crippen molar-refractivity contribution in [2.75, 3.05) is 32.5 Å². The first-order valence-corrected chi connectivity index (χ1v) is 7.49. The Labute approximate surface area is 109 Å². The fourth-order valence-corrected chi connectivity index (χ4v) is 1.37. The Balaban J connectivity index is 4.34. The van der Waals surface area contributed by atoms with Gasteiger partial charge in [0.05, 0.1) is 17.9 Å². The summed E-state index contributed by atoms with van der Waals surface area (Å²) in [7, 11) is -1.83. The molecule has 0 aliphatic carbocycles. The third kappa shape index (κ3) is 9.20. The molecule has 7 nitrogen and oxygen atoms in total. The van der Waals surface area contributed by atoms with Crippen LogP contribution in [0.3, 0.4) is 0 Å². The van der Waals surface area contributed by atoms with E-state index in [0.29, 0.717) is 19.0 Å². The summed E-state index contributed by atoms with van der Waals surface area (Å²) in [5, 5.41) is 10.8. The molecule has 0 radical (unpaired) electrons. The minimum absolute atomic E-state index is 0.134. The van der Waals surface area contributed by atoms with Crippen LogP contribution < -0.4 is 15.8 Å². The van der Waals surface area contributed by atoms with Crippen LogP contribution in [0.1, 0.15) is 20.8 Å². The molecule has 4 N–H and O–H groups in total. The third-order valence-corrected chi connectivity index (χ3v) is 2.97. The first-order valence-electron chi connectivity index (χ1n) is 5.78. The van der Waals surface area contributed by atoms with Gasteiger partial charge in [-0.1, -0.05) is 0 Å². The van der Waals surface area contributed by atoms with Crippen molar-refractivity contribution in [1.82, 2.24) is 10.6 Å². The molecule has 18 heavy (non-hydrogen) atoms. The molecule has 0 fully saturated rings. The lowest BCUT2D eigenvalue weighted by atomic mass is 10.1. The summed E-state index contributed by atoms with van der Waals surface area (Å²) >= 11 is 0. The van der Waals surface area contributed by atoms with Crippen LogP contribution in [0.4, 0.5) is 0 Å². The maximum Gasteiger partial charge on any atom is 0.210 e. The van der Waals surface area contributed by atoms with Gasteiger partial charge in [0.25, 0.3) is 0 Å². The van der Waals surface area contributed by atoms with Crippen LogP contribution in [-0.4, -0.2) is 52.5 Å². The second kappa shape index (κ2) is 7.55. The van der Waals surface area contributed by atoms with E-state index in [1.807, 2.05) is 20.8 Å². The molecular weight excluding hydrogens is 256 g/mol. The fraction of sp³-hybridized carbons (Fsp3) is 0.900. The van der Waals surface area contributed by atoms with Gasteiger partial charge in [-0.25, -0.2) is 13.6 Å². The van der Waals surface area contributed by atoms with E-state index in [1.165, 1.54) is 0 Å². The van der Waals surface area contributed by atoms with Crippen LogP contribution in [0, 0.1) is 0 Å². The fourth-order valence-electron chi connectivity index (χ4n) is 0.987. The lowest BCUT2D eigenvalue weighted by molar-refractivity contribution is 0.0310. The van der Waals surface area contributed by atoms with Gasteiger partial charge in [0, 0.05) is 20.2 Å². The molecule has 0 rings (SSSR count). The van der Waals surface area contributed by atoms with Crippen molar-refractivity contribution in [2.24, 2.45) is 10.1 Å². The van der Waals surface area contributed by atoms with E-state index >= 15 is 0 Å². The second-order valence-corrected chi connectivity index (χ2v) is 6.19. The number of nitrogens with two attached hydrogens (primary N) is 1. The number of primary sulfonamides is 1. The quantitative estimate of drug-likeness (QED) is 0.420. The Hall–Kier alpha value is -0.860. The van der Waals surface area contributed by atoms with Gasteiger partial charge >= 0.3 is 0 Å². The average molecular weight is 280 g/mol. The maximum atomic E-state index is 10.8. The minimum Gasteiger partial charge on any atom is -0.377 e. The van der Waals surface area contributed by atoms with E-state index < -0.39 is 10.0 Å². The number of rotatable bonds is 7. The summed E-state index contributed by atoms with van der Waals surface area (Å²) < 4.78 is 26.8. The smallest absolute Gasteiger partial charge is 0.210 e. The predicted molar refractivity (Wildman–Crippen MR) is 73.0 cm³/mol. The molecule has 0 aliphatic heterocycles. The van der Waals surface area contributed by atoms with Crippen LogP contribution in [0.25, 0.3) is 0 Å². The lowest BCUT2D eigenvalue weighted by Crippen LogP contribution is -2.41. The number of methoxy groups -OCH3 is 1. The van der Waals surface area contributed by atoms with Gasteiger partial charge < -0.3 is 15.4 Å². The van der Waals surface area contributed by atoms with Crippen molar-refractivity contribution >= 4 is 16.0 Å². The van der Waals surface area contributed by atoms with Crippen LogP contribution >= 0.6 is 0 Å². The highest BCUT2D eigenvalue weighted by Crippen LogP contribution is 2.06. The zero-order valence-electron chi connectivity index (χ0n) is 11.5. The molecule has 0 saturated heterocycles. The largest absolute Gasteiger partial charge is 0.377 e. The number of aliphatic imine (C=N–C) groups is 1. The van der Waals surface area contributed by atoms with Crippen LogP contribution in [0.15, 0.2) is 4.99 Å². The van der Waals surface area contributed by atoms with Crippen LogP contribution in [-0.2, 0) is 14.8 Å². The summed E-state index contributed by atoms with van der Waals surface area (Å²) in [4.78, 5) is 4.31. The summed E-state index contributed by atoms with van der Waals surface area (Å²) in [6, 6.07) is 0. The van der Waals surface area contributed by atoms with Gasteiger partial charge in [-0.15, -0.1) is 0 Å². The maximum absolute atomic E-state index is 10.8. The molecule has 0 aromatic heterocycles. The normalized spacial score (nSPS) is 13.5. The number of nitrogens with zero attached hydrogens (tertiary/aromatic N) is 1. The van der Waals surface area contributed by atoms with Crippen molar-refractivity contribution in [3.63, 3.8) is 0 Å². The number of sulfonamides is 1. The highest BCUT2D eigenvalue weighted by Gasteiger charge is 2.15. The van der Waals surface area contributed by atoms with Crippen molar-refractivity contribution in [2.45, 2.75) is 26.4 Å². The van der Waals surface area contributed by atoms with Crippen molar-refractivity contribution in [1.29, 1.82) is 0 Å². The summed E-state index contributed by atoms with van der Waals surface area (Å²) in [5.41, 5.74) is -0.359. The molecule has 0 amide bonds. The Kier molecular flexibility index (Phi) is 7.19. The zero-order valence-corrected chi connectivity index (χ0v) is 12.3. The average Bonchev–Trinajstić information content (AvgIpc) is 2.24. The number of hydrogen-bond acceptors (Lipinski definition) is 4. The highest BCUT2D eigenvalue weighted by atomic mass is 32.2. The van der Waals surface area contributed by atoms with E-state index in [4.69, 9.17) is 9.88 Å². The van der Waals surface area contributed by atoms with Gasteiger partial charge in [-0.05, 0) is 20.8 Å². The molecule has 0 bridgehead atoms. The molecule has 8 heteroatoms. The van der Waals surface area contributed by atoms with E-state index in [0.717, 1.165) is 0 Å². The topological polar surface area (TPSA) is 106 Å². The molecular formula is C10H24N4O3S. The van der Waals surface area contributed by atoms with E-state index in [-0.39, 0.29) is 17.9 Å². The number of guanidine groups is 1. The molecule has 0 aromatic rings. The van der Waals surface area contributed by atoms with Gasteiger partial charge in [-0.2, -0.15) is 0 Å². The van der Waals surface area contributed by atoms with E-state index in [9.17, 15) is 8.42 Å². The predicted octanol–water partition coefficient (Wildman–Crippen LogP) is -0.745. The second-order valence-electron chi connectivity index (χ2n) is 4.45. The monoisotopic (exact) mass is 280 g/mol. The van der Waals surface area contributed by atoms with Gasteiger partial charge in [0.1, 0.15) is 0 Å². The molecule has 0 unspecified atom stereocenters. The molecule has 0 spiro atoms. The molecule has 0 atom stereocenters.